The molecule has 2 aromatic heterocycles. The lowest BCUT2D eigenvalue weighted by Gasteiger charge is -2.12. The van der Waals surface area contributed by atoms with Crippen LogP contribution in [0.3, 0.4) is 0 Å². The minimum absolute atomic E-state index is 0.260. The summed E-state index contributed by atoms with van der Waals surface area (Å²) in [4.78, 5) is 24.3. The van der Waals surface area contributed by atoms with Crippen LogP contribution in [0.15, 0.2) is 23.9 Å². The van der Waals surface area contributed by atoms with Crippen molar-refractivity contribution in [3.05, 3.63) is 51.6 Å². The molecule has 3 heterocycles. The second kappa shape index (κ2) is 13.8. The third-order valence-electron chi connectivity index (χ3n) is 7.14. The summed E-state index contributed by atoms with van der Waals surface area (Å²) in [5.41, 5.74) is 7.26. The largest absolute Gasteiger partial charge is 0.466 e. The third kappa shape index (κ3) is 6.60. The summed E-state index contributed by atoms with van der Waals surface area (Å²) in [5, 5.41) is 17.8. The van der Waals surface area contributed by atoms with Gasteiger partial charge in [0.2, 0.25) is 0 Å². The van der Waals surface area contributed by atoms with E-state index in [0.717, 1.165) is 64.1 Å². The van der Waals surface area contributed by atoms with Gasteiger partial charge in [-0.15, -0.1) is 23.4 Å². The number of nitrogens with zero attached hydrogens (tertiary/aromatic N) is 3. The van der Waals surface area contributed by atoms with Crippen molar-refractivity contribution >= 4 is 63.5 Å². The predicted octanol–water partition coefficient (Wildman–Crippen LogP) is 5.52. The van der Waals surface area contributed by atoms with E-state index in [1.165, 1.54) is 14.0 Å². The number of ether oxygens (including phenoxy) is 2. The average Bonchev–Trinajstić information content (AvgIpc) is 3.61. The Kier molecular flexibility index (Phi) is 10.4. The Morgan fingerprint density at radius 2 is 2.07 bits per heavy atom. The van der Waals surface area contributed by atoms with E-state index in [-0.39, 0.29) is 12.6 Å². The van der Waals surface area contributed by atoms with Crippen LogP contribution in [0.5, 0.6) is 0 Å². The number of fused-ring (bicyclic) bond motifs is 2. The molecule has 2 N–H and O–H groups in total. The number of methoxy groups -OCH3 is 1. The van der Waals surface area contributed by atoms with Gasteiger partial charge < -0.3 is 24.8 Å². The van der Waals surface area contributed by atoms with E-state index in [9.17, 15) is 9.59 Å². The average molecular weight is 621 g/mol. The van der Waals surface area contributed by atoms with Gasteiger partial charge in [-0.25, -0.2) is 4.79 Å². The monoisotopic (exact) mass is 619 g/mol. The minimum atomic E-state index is -0.436. The summed E-state index contributed by atoms with van der Waals surface area (Å²) >= 11 is 14.5. The van der Waals surface area contributed by atoms with E-state index < -0.39 is 5.97 Å². The molecular formula is C29H35Cl2N5O4S. The van der Waals surface area contributed by atoms with Gasteiger partial charge in [-0.05, 0) is 43.4 Å². The van der Waals surface area contributed by atoms with Crippen molar-refractivity contribution in [2.75, 3.05) is 32.4 Å². The van der Waals surface area contributed by atoms with Gasteiger partial charge >= 0.3 is 11.9 Å². The molecular weight excluding hydrogens is 585 g/mol. The van der Waals surface area contributed by atoms with Crippen molar-refractivity contribution in [3.63, 3.8) is 0 Å². The zero-order valence-electron chi connectivity index (χ0n) is 23.7. The fourth-order valence-electron chi connectivity index (χ4n) is 5.38. The van der Waals surface area contributed by atoms with Crippen molar-refractivity contribution in [3.8, 4) is 11.1 Å². The number of aromatic nitrogens is 3. The Bertz CT molecular complexity index is 1500. The molecule has 0 spiro atoms. The van der Waals surface area contributed by atoms with E-state index in [4.69, 9.17) is 43.2 Å². The van der Waals surface area contributed by atoms with E-state index in [1.807, 2.05) is 23.7 Å². The van der Waals surface area contributed by atoms with Crippen molar-refractivity contribution < 1.29 is 19.1 Å². The molecule has 0 atom stereocenters. The molecule has 1 aromatic carbocycles. The number of carbonyl (C=O) groups excluding carboxylic acids is 2. The maximum atomic E-state index is 13.0. The summed E-state index contributed by atoms with van der Waals surface area (Å²) in [6.45, 7) is 2.48. The highest BCUT2D eigenvalue weighted by atomic mass is 35.5. The van der Waals surface area contributed by atoms with Crippen LogP contribution >= 0.6 is 35.0 Å². The number of thioether (sulfide) groups is 1. The van der Waals surface area contributed by atoms with Crippen LogP contribution in [0.1, 0.15) is 47.2 Å². The highest BCUT2D eigenvalue weighted by Crippen LogP contribution is 2.44. The lowest BCUT2D eigenvalue weighted by Crippen LogP contribution is -2.11. The highest BCUT2D eigenvalue weighted by Gasteiger charge is 2.30. The molecule has 0 aliphatic carbocycles. The highest BCUT2D eigenvalue weighted by molar-refractivity contribution is 7.99. The molecule has 0 bridgehead atoms. The molecule has 9 nitrogen and oxygen atoms in total. The van der Waals surface area contributed by atoms with Gasteiger partial charge in [-0.2, -0.15) is 5.10 Å². The van der Waals surface area contributed by atoms with Gasteiger partial charge in [-0.3, -0.25) is 9.48 Å². The number of esters is 2. The van der Waals surface area contributed by atoms with E-state index in [2.05, 4.69) is 10.00 Å². The molecule has 12 heteroatoms. The number of carbonyl (C=O) groups is 2. The summed E-state index contributed by atoms with van der Waals surface area (Å²) in [6.07, 6.45) is 4.72. The molecule has 0 saturated carbocycles. The predicted molar refractivity (Wildman–Crippen MR) is 166 cm³/mol. The van der Waals surface area contributed by atoms with Crippen molar-refractivity contribution in [1.82, 2.24) is 19.7 Å². The molecule has 0 amide bonds. The first-order valence-corrected chi connectivity index (χ1v) is 15.5. The minimum Gasteiger partial charge on any atom is -0.466 e. The molecule has 41 heavy (non-hydrogen) atoms. The number of hydrogen-bond acceptors (Lipinski definition) is 8. The van der Waals surface area contributed by atoms with Crippen LogP contribution in [-0.2, 0) is 46.5 Å². The molecule has 0 radical (unpaired) electrons. The molecule has 1 aliphatic heterocycles. The van der Waals surface area contributed by atoms with Crippen LogP contribution < -0.4 is 5.32 Å². The van der Waals surface area contributed by atoms with Crippen LogP contribution in [0.4, 0.5) is 0 Å². The normalized spacial score (nSPS) is 13.0. The van der Waals surface area contributed by atoms with Crippen LogP contribution in [-0.4, -0.2) is 64.4 Å². The Labute approximate surface area is 254 Å². The van der Waals surface area contributed by atoms with E-state index in [0.29, 0.717) is 46.7 Å². The SMILES string of the molecule is CN/C(=C\C(=N)CSCc1nn2c(c1-c1c(Cl)ccc3c(CCCOC(C)=O)c(C(=O)OC)n(C)c13)CCC2)CCl. The molecule has 4 rings (SSSR count). The van der Waals surface area contributed by atoms with Gasteiger partial charge in [-0.1, -0.05) is 17.7 Å². The zero-order valence-corrected chi connectivity index (χ0v) is 26.1. The third-order valence-corrected chi connectivity index (χ3v) is 8.73. The topological polar surface area (TPSA) is 111 Å². The lowest BCUT2D eigenvalue weighted by molar-refractivity contribution is -0.141. The van der Waals surface area contributed by atoms with E-state index in [1.54, 1.807) is 24.9 Å². The first kappa shape index (κ1) is 31.0. The van der Waals surface area contributed by atoms with Gasteiger partial charge in [0.1, 0.15) is 5.69 Å². The quantitative estimate of drug-likeness (QED) is 0.112. The second-order valence-corrected chi connectivity index (χ2v) is 11.5. The molecule has 220 valence electrons. The Balaban J connectivity index is 1.78. The van der Waals surface area contributed by atoms with Gasteiger partial charge in [0, 0.05) is 72.7 Å². The number of hydrogen-bond donors (Lipinski definition) is 2. The Morgan fingerprint density at radius 3 is 2.76 bits per heavy atom. The Hall–Kier alpha value is -2.95. The maximum absolute atomic E-state index is 13.0. The van der Waals surface area contributed by atoms with Crippen molar-refractivity contribution in [2.24, 2.45) is 7.05 Å². The summed E-state index contributed by atoms with van der Waals surface area (Å²) < 4.78 is 14.2. The molecule has 0 fully saturated rings. The number of nitrogens with one attached hydrogen (secondary N) is 2. The summed E-state index contributed by atoms with van der Waals surface area (Å²) in [5.74, 6) is 0.648. The lowest BCUT2D eigenvalue weighted by atomic mass is 9.97. The molecule has 0 unspecified atom stereocenters. The number of rotatable bonds is 13. The summed E-state index contributed by atoms with van der Waals surface area (Å²) in [6, 6.07) is 3.81. The second-order valence-electron chi connectivity index (χ2n) is 9.81. The van der Waals surface area contributed by atoms with E-state index >= 15 is 0 Å². The first-order valence-electron chi connectivity index (χ1n) is 13.4. The number of aryl methyl sites for hydroxylation is 3. The van der Waals surface area contributed by atoms with Gasteiger partial charge in [0.25, 0.3) is 0 Å². The van der Waals surface area contributed by atoms with Gasteiger partial charge in [0.05, 0.1) is 35.8 Å². The van der Waals surface area contributed by atoms with Crippen molar-refractivity contribution in [2.45, 2.75) is 44.9 Å². The number of allylic oxidation sites excluding steroid dienone is 2. The fourth-order valence-corrected chi connectivity index (χ4v) is 6.64. The van der Waals surface area contributed by atoms with Crippen LogP contribution in [0.25, 0.3) is 22.0 Å². The number of benzene rings is 1. The number of alkyl halides is 1. The number of halogens is 2. The summed E-state index contributed by atoms with van der Waals surface area (Å²) in [7, 11) is 5.01. The first-order chi connectivity index (χ1) is 19.7. The fraction of sp³-hybridized carbons (Fsp3) is 0.448. The Morgan fingerprint density at radius 1 is 1.29 bits per heavy atom. The van der Waals surface area contributed by atoms with Gasteiger partial charge in [0.15, 0.2) is 0 Å². The van der Waals surface area contributed by atoms with Crippen LogP contribution in [0, 0.1) is 5.41 Å². The standard InChI is InChI=1S/C29H35Cl2N5O4S/c1-17(37)40-12-6-7-20-21-9-10-22(31)25(27(21)35(3)28(20)29(38)39-4)26-23(34-36-11-5-8-24(26)36)16-41-15-18(32)13-19(14-30)33-2/h9-10,13,32-33H,5-8,11-12,14-16H2,1-4H3/b19-13-,32-18?. The maximum Gasteiger partial charge on any atom is 0.354 e. The molecule has 3 aromatic rings. The molecule has 1 aliphatic rings. The van der Waals surface area contributed by atoms with Crippen molar-refractivity contribution in [1.29, 1.82) is 5.41 Å². The molecule has 0 saturated heterocycles. The zero-order chi connectivity index (χ0) is 29.7. The smallest absolute Gasteiger partial charge is 0.354 e. The van der Waals surface area contributed by atoms with Crippen LogP contribution in [0.2, 0.25) is 5.02 Å².